The zero-order valence-electron chi connectivity index (χ0n) is 17.4. The third kappa shape index (κ3) is 2.67. The molecule has 0 fully saturated rings. The van der Waals surface area contributed by atoms with Crippen LogP contribution in [0.15, 0.2) is 53.4 Å². The number of benzene rings is 2. The summed E-state index contributed by atoms with van der Waals surface area (Å²) in [6.45, 7) is 9.10. The quantitative estimate of drug-likeness (QED) is 0.247. The zero-order valence-corrected chi connectivity index (χ0v) is 19.8. The summed E-state index contributed by atoms with van der Waals surface area (Å²) in [6.07, 6.45) is 1.98. The first-order valence-corrected chi connectivity index (χ1v) is 12.7. The molecule has 0 spiro atoms. The van der Waals surface area contributed by atoms with E-state index in [1.165, 1.54) is 57.0 Å². The van der Waals surface area contributed by atoms with Gasteiger partial charge in [-0.3, -0.25) is 4.98 Å². The van der Waals surface area contributed by atoms with Crippen molar-refractivity contribution in [3.63, 3.8) is 0 Å². The van der Waals surface area contributed by atoms with Crippen LogP contribution in [0.5, 0.6) is 0 Å². The number of hydrogen-bond acceptors (Lipinski definition) is 4. The molecule has 0 aliphatic heterocycles. The SMILES string of the molecule is Cc1csc2cc3sc4c(-c5cc(C(C)(C)C)c6sccc6c5)nccc4c3cc12. The molecule has 6 rings (SSSR count). The van der Waals surface area contributed by atoms with E-state index in [4.69, 9.17) is 4.98 Å². The second kappa shape index (κ2) is 6.36. The van der Waals surface area contributed by atoms with E-state index in [-0.39, 0.29) is 5.41 Å². The number of fused-ring (bicyclic) bond motifs is 5. The molecule has 0 aliphatic rings. The third-order valence-electron chi connectivity index (χ3n) is 5.91. The topological polar surface area (TPSA) is 12.9 Å². The second-order valence-corrected chi connectivity index (χ2v) is 11.9. The molecule has 0 saturated carbocycles. The summed E-state index contributed by atoms with van der Waals surface area (Å²) < 4.78 is 5.40. The minimum atomic E-state index is 0.0923. The first kappa shape index (κ1) is 18.5. The lowest BCUT2D eigenvalue weighted by Gasteiger charge is -2.21. The van der Waals surface area contributed by atoms with E-state index in [0.717, 1.165) is 5.69 Å². The van der Waals surface area contributed by atoms with E-state index in [9.17, 15) is 0 Å². The maximum atomic E-state index is 4.88. The number of rotatable bonds is 1. The predicted molar refractivity (Wildman–Crippen MR) is 137 cm³/mol. The molecule has 0 atom stereocenters. The van der Waals surface area contributed by atoms with Crippen LogP contribution < -0.4 is 0 Å². The van der Waals surface area contributed by atoms with E-state index in [0.29, 0.717) is 0 Å². The zero-order chi connectivity index (χ0) is 20.6. The summed E-state index contributed by atoms with van der Waals surface area (Å²) in [7, 11) is 0. The minimum Gasteiger partial charge on any atom is -0.255 e. The standard InChI is InChI=1S/C26H21NS3/c1-14-13-29-21-12-22-19(11-18(14)21)17-5-7-27-23(25(17)30-22)16-9-15-6-8-28-24(15)20(10-16)26(2,3)4/h5-13H,1-4H3. The van der Waals surface area contributed by atoms with Crippen LogP contribution in [0.25, 0.3) is 51.6 Å². The molecule has 0 N–H and O–H groups in total. The monoisotopic (exact) mass is 443 g/mol. The molecule has 0 bridgehead atoms. The predicted octanol–water partition coefficient (Wildman–Crippen LogP) is 9.15. The smallest absolute Gasteiger partial charge is 0.0880 e. The highest BCUT2D eigenvalue weighted by molar-refractivity contribution is 7.26. The van der Waals surface area contributed by atoms with Crippen molar-refractivity contribution in [1.29, 1.82) is 0 Å². The van der Waals surface area contributed by atoms with Crippen LogP contribution in [0.4, 0.5) is 0 Å². The number of pyridine rings is 1. The van der Waals surface area contributed by atoms with E-state index in [2.05, 4.69) is 74.9 Å². The van der Waals surface area contributed by atoms with Gasteiger partial charge in [0.25, 0.3) is 0 Å². The highest BCUT2D eigenvalue weighted by Gasteiger charge is 2.21. The van der Waals surface area contributed by atoms with Crippen LogP contribution >= 0.6 is 34.0 Å². The van der Waals surface area contributed by atoms with Crippen LogP contribution in [0, 0.1) is 6.92 Å². The van der Waals surface area contributed by atoms with Crippen molar-refractivity contribution in [1.82, 2.24) is 4.98 Å². The van der Waals surface area contributed by atoms with Crippen molar-refractivity contribution in [2.45, 2.75) is 33.1 Å². The molecule has 6 aromatic rings. The van der Waals surface area contributed by atoms with Crippen LogP contribution in [0.1, 0.15) is 31.9 Å². The highest BCUT2D eigenvalue weighted by atomic mass is 32.1. The fourth-order valence-corrected chi connectivity index (χ4v) is 7.71. The summed E-state index contributed by atoms with van der Waals surface area (Å²) in [5, 5.41) is 9.81. The lowest BCUT2D eigenvalue weighted by Crippen LogP contribution is -2.11. The summed E-state index contributed by atoms with van der Waals surface area (Å²) >= 11 is 5.55. The Morgan fingerprint density at radius 3 is 2.53 bits per heavy atom. The lowest BCUT2D eigenvalue weighted by atomic mass is 9.85. The van der Waals surface area contributed by atoms with Gasteiger partial charge in [-0.05, 0) is 81.4 Å². The number of aryl methyl sites for hydroxylation is 1. The van der Waals surface area contributed by atoms with Gasteiger partial charge in [-0.25, -0.2) is 0 Å². The first-order valence-electron chi connectivity index (χ1n) is 10.1. The van der Waals surface area contributed by atoms with Crippen molar-refractivity contribution >= 4 is 74.4 Å². The molecule has 0 aliphatic carbocycles. The van der Waals surface area contributed by atoms with E-state index >= 15 is 0 Å². The summed E-state index contributed by atoms with van der Waals surface area (Å²) in [4.78, 5) is 4.88. The summed E-state index contributed by atoms with van der Waals surface area (Å²) in [6, 6.07) is 13.8. The molecule has 2 aromatic carbocycles. The third-order valence-corrected chi connectivity index (χ3v) is 9.11. The van der Waals surface area contributed by atoms with Crippen molar-refractivity contribution < 1.29 is 0 Å². The Labute approximate surface area is 187 Å². The summed E-state index contributed by atoms with van der Waals surface area (Å²) in [5.74, 6) is 0. The highest BCUT2D eigenvalue weighted by Crippen LogP contribution is 2.44. The van der Waals surface area contributed by atoms with Gasteiger partial charge in [-0.15, -0.1) is 34.0 Å². The normalized spacial score (nSPS) is 12.7. The Balaban J connectivity index is 1.68. The minimum absolute atomic E-state index is 0.0923. The molecule has 0 radical (unpaired) electrons. The number of thiophene rings is 3. The van der Waals surface area contributed by atoms with Crippen LogP contribution in [-0.2, 0) is 5.41 Å². The fraction of sp³-hybridized carbons (Fsp3) is 0.192. The summed E-state index contributed by atoms with van der Waals surface area (Å²) in [5.41, 5.74) is 5.19. The molecule has 30 heavy (non-hydrogen) atoms. The van der Waals surface area contributed by atoms with Gasteiger partial charge in [0.05, 0.1) is 10.4 Å². The lowest BCUT2D eigenvalue weighted by molar-refractivity contribution is 0.597. The van der Waals surface area contributed by atoms with E-state index < -0.39 is 0 Å². The Morgan fingerprint density at radius 2 is 1.70 bits per heavy atom. The van der Waals surface area contributed by atoms with Crippen LogP contribution in [0.2, 0.25) is 0 Å². The maximum Gasteiger partial charge on any atom is 0.0880 e. The average molecular weight is 444 g/mol. The van der Waals surface area contributed by atoms with Gasteiger partial charge in [0.2, 0.25) is 0 Å². The van der Waals surface area contributed by atoms with Gasteiger partial charge in [0.1, 0.15) is 0 Å². The van der Waals surface area contributed by atoms with Crippen molar-refractivity contribution in [3.05, 3.63) is 64.5 Å². The molecule has 0 unspecified atom stereocenters. The van der Waals surface area contributed by atoms with Crippen molar-refractivity contribution in [2.75, 3.05) is 0 Å². The Kier molecular flexibility index (Phi) is 3.92. The van der Waals surface area contributed by atoms with Gasteiger partial charge in [0.15, 0.2) is 0 Å². The Morgan fingerprint density at radius 1 is 0.833 bits per heavy atom. The largest absolute Gasteiger partial charge is 0.255 e. The molecule has 1 nitrogen and oxygen atoms in total. The van der Waals surface area contributed by atoms with Gasteiger partial charge < -0.3 is 0 Å². The van der Waals surface area contributed by atoms with Crippen molar-refractivity contribution in [2.24, 2.45) is 0 Å². The maximum absolute atomic E-state index is 4.88. The molecule has 4 heterocycles. The molecule has 148 valence electrons. The van der Waals surface area contributed by atoms with Gasteiger partial charge in [-0.1, -0.05) is 20.8 Å². The van der Waals surface area contributed by atoms with E-state index in [1.54, 1.807) is 0 Å². The Hall–Kier alpha value is -2.27. The molecular formula is C26H21NS3. The average Bonchev–Trinajstić information content (AvgIpc) is 3.41. The molecular weight excluding hydrogens is 422 g/mol. The van der Waals surface area contributed by atoms with Crippen LogP contribution in [-0.4, -0.2) is 4.98 Å². The second-order valence-electron chi connectivity index (χ2n) is 9.01. The van der Waals surface area contributed by atoms with E-state index in [1.807, 2.05) is 40.2 Å². The van der Waals surface area contributed by atoms with Gasteiger partial charge in [0, 0.05) is 36.6 Å². The molecule has 0 amide bonds. The molecule has 4 aromatic heterocycles. The number of nitrogens with zero attached hydrogens (tertiary/aromatic N) is 1. The first-order chi connectivity index (χ1) is 14.4. The fourth-order valence-electron chi connectivity index (χ4n) is 4.33. The number of aromatic nitrogens is 1. The molecule has 4 heteroatoms. The Bertz CT molecular complexity index is 1590. The molecule has 0 saturated heterocycles. The van der Waals surface area contributed by atoms with Gasteiger partial charge >= 0.3 is 0 Å². The van der Waals surface area contributed by atoms with Crippen LogP contribution in [0.3, 0.4) is 0 Å². The number of hydrogen-bond donors (Lipinski definition) is 0. The van der Waals surface area contributed by atoms with Gasteiger partial charge in [-0.2, -0.15) is 0 Å². The van der Waals surface area contributed by atoms with Crippen molar-refractivity contribution in [3.8, 4) is 11.3 Å².